The van der Waals surface area contributed by atoms with Crippen molar-refractivity contribution in [3.8, 4) is 5.75 Å². The Morgan fingerprint density at radius 3 is 2.71 bits per heavy atom. The number of nitrogens with zero attached hydrogens (tertiary/aromatic N) is 3. The Morgan fingerprint density at radius 1 is 1.26 bits per heavy atom. The van der Waals surface area contributed by atoms with E-state index in [1.807, 2.05) is 0 Å². The Bertz CT molecular complexity index is 925. The Labute approximate surface area is 184 Å². The number of benzene rings is 1. The monoisotopic (exact) mass is 504 g/mol. The van der Waals surface area contributed by atoms with Gasteiger partial charge >= 0.3 is 12.5 Å². The summed E-state index contributed by atoms with van der Waals surface area (Å²) in [5.74, 6) is -0.0174. The Hall–Kier alpha value is -2.96. The van der Waals surface area contributed by atoms with Crippen LogP contribution in [-0.2, 0) is 11.3 Å². The van der Waals surface area contributed by atoms with E-state index in [9.17, 15) is 18.0 Å². The normalized spacial score (nSPS) is 13.7. The molecule has 0 radical (unpaired) electrons. The SMILES string of the molecule is Nc1cnc(NCOC(=O)N2CCCC2)nc1NCc1cc(Br)ccc1OC(F)(F)F. The van der Waals surface area contributed by atoms with Crippen molar-refractivity contribution in [3.63, 3.8) is 0 Å². The molecule has 1 aliphatic heterocycles. The molecule has 168 valence electrons. The van der Waals surface area contributed by atoms with E-state index in [2.05, 4.69) is 41.3 Å². The second kappa shape index (κ2) is 9.90. The van der Waals surface area contributed by atoms with Gasteiger partial charge in [0.05, 0.1) is 11.9 Å². The van der Waals surface area contributed by atoms with Gasteiger partial charge < -0.3 is 30.7 Å². The van der Waals surface area contributed by atoms with Gasteiger partial charge in [-0.3, -0.25) is 0 Å². The zero-order chi connectivity index (χ0) is 22.4. The zero-order valence-electron chi connectivity index (χ0n) is 16.2. The molecule has 4 N–H and O–H groups in total. The van der Waals surface area contributed by atoms with Gasteiger partial charge in [0.2, 0.25) is 5.95 Å². The fourth-order valence-corrected chi connectivity index (χ4v) is 3.27. The first-order valence-corrected chi connectivity index (χ1v) is 10.1. The van der Waals surface area contributed by atoms with E-state index in [4.69, 9.17) is 10.5 Å². The lowest BCUT2D eigenvalue weighted by Crippen LogP contribution is -2.30. The van der Waals surface area contributed by atoms with Crippen molar-refractivity contribution in [1.82, 2.24) is 14.9 Å². The van der Waals surface area contributed by atoms with E-state index in [0.717, 1.165) is 12.8 Å². The van der Waals surface area contributed by atoms with Crippen LogP contribution in [0.4, 0.5) is 35.4 Å². The second-order valence-electron chi connectivity index (χ2n) is 6.58. The number of ether oxygens (including phenoxy) is 2. The minimum Gasteiger partial charge on any atom is -0.428 e. The highest BCUT2D eigenvalue weighted by Gasteiger charge is 2.32. The Morgan fingerprint density at radius 2 is 2.00 bits per heavy atom. The average molecular weight is 505 g/mol. The van der Waals surface area contributed by atoms with Crippen LogP contribution >= 0.6 is 15.9 Å². The summed E-state index contributed by atoms with van der Waals surface area (Å²) in [6, 6.07) is 4.14. The number of anilines is 3. The molecule has 31 heavy (non-hydrogen) atoms. The summed E-state index contributed by atoms with van der Waals surface area (Å²) in [6.07, 6.45) is -2.02. The molecular formula is C18H20BrF3N6O3. The minimum atomic E-state index is -4.82. The van der Waals surface area contributed by atoms with Gasteiger partial charge in [-0.25, -0.2) is 9.78 Å². The number of aromatic nitrogens is 2. The van der Waals surface area contributed by atoms with Crippen molar-refractivity contribution in [2.24, 2.45) is 0 Å². The standard InChI is InChI=1S/C18H20BrF3N6O3/c19-12-3-4-14(31-18(20,21)22)11(7-12)8-24-15-13(23)9-25-16(27-15)26-10-30-17(29)28-5-1-2-6-28/h3-4,7,9H,1-2,5-6,8,10,23H2,(H2,24,25,26,27). The molecule has 1 fully saturated rings. The number of nitrogens with two attached hydrogens (primary N) is 1. The van der Waals surface area contributed by atoms with Crippen LogP contribution in [0.2, 0.25) is 0 Å². The number of halogens is 4. The van der Waals surface area contributed by atoms with Gasteiger partial charge in [0, 0.05) is 29.7 Å². The van der Waals surface area contributed by atoms with Gasteiger partial charge in [0.1, 0.15) is 5.75 Å². The predicted molar refractivity (Wildman–Crippen MR) is 110 cm³/mol. The fraction of sp³-hybridized carbons (Fsp3) is 0.389. The molecule has 1 amide bonds. The van der Waals surface area contributed by atoms with Gasteiger partial charge in [-0.2, -0.15) is 4.98 Å². The number of alkyl halides is 3. The minimum absolute atomic E-state index is 0.0462. The van der Waals surface area contributed by atoms with Crippen LogP contribution in [0.1, 0.15) is 18.4 Å². The van der Waals surface area contributed by atoms with Crippen LogP contribution < -0.4 is 21.1 Å². The highest BCUT2D eigenvalue weighted by Crippen LogP contribution is 2.30. The van der Waals surface area contributed by atoms with E-state index in [1.165, 1.54) is 24.4 Å². The molecule has 1 saturated heterocycles. The number of hydrogen-bond acceptors (Lipinski definition) is 8. The summed E-state index contributed by atoms with van der Waals surface area (Å²) in [5.41, 5.74) is 6.28. The summed E-state index contributed by atoms with van der Waals surface area (Å²) in [5, 5.41) is 5.61. The van der Waals surface area contributed by atoms with Crippen LogP contribution in [0.25, 0.3) is 0 Å². The third-order valence-corrected chi connectivity index (χ3v) is 4.80. The van der Waals surface area contributed by atoms with E-state index >= 15 is 0 Å². The summed E-state index contributed by atoms with van der Waals surface area (Å²) in [6.45, 7) is 1.14. The first kappa shape index (κ1) is 22.7. The predicted octanol–water partition coefficient (Wildman–Crippen LogP) is 3.93. The second-order valence-corrected chi connectivity index (χ2v) is 7.49. The smallest absolute Gasteiger partial charge is 0.428 e. The molecule has 1 aromatic heterocycles. The van der Waals surface area contributed by atoms with E-state index in [0.29, 0.717) is 17.6 Å². The molecule has 1 aliphatic rings. The number of carbonyl (C=O) groups excluding carboxylic acids is 1. The fourth-order valence-electron chi connectivity index (χ4n) is 2.86. The molecule has 2 heterocycles. The van der Waals surface area contributed by atoms with Crippen molar-refractivity contribution >= 4 is 39.5 Å². The number of nitrogen functional groups attached to an aromatic ring is 1. The lowest BCUT2D eigenvalue weighted by atomic mass is 10.2. The van der Waals surface area contributed by atoms with Crippen LogP contribution in [0.15, 0.2) is 28.9 Å². The molecule has 1 aromatic carbocycles. The van der Waals surface area contributed by atoms with Crippen molar-refractivity contribution in [2.75, 3.05) is 36.2 Å². The summed E-state index contributed by atoms with van der Waals surface area (Å²) >= 11 is 3.22. The summed E-state index contributed by atoms with van der Waals surface area (Å²) in [4.78, 5) is 21.6. The molecule has 0 spiro atoms. The van der Waals surface area contributed by atoms with Gasteiger partial charge in [-0.15, -0.1) is 13.2 Å². The molecule has 9 nitrogen and oxygen atoms in total. The molecule has 13 heteroatoms. The summed E-state index contributed by atoms with van der Waals surface area (Å²) < 4.78 is 47.7. The van der Waals surface area contributed by atoms with Gasteiger partial charge in [-0.1, -0.05) is 15.9 Å². The number of hydrogen-bond donors (Lipinski definition) is 3. The molecule has 0 atom stereocenters. The lowest BCUT2D eigenvalue weighted by Gasteiger charge is -2.16. The van der Waals surface area contributed by atoms with E-state index in [-0.39, 0.29) is 42.0 Å². The average Bonchev–Trinajstić information content (AvgIpc) is 3.24. The highest BCUT2D eigenvalue weighted by atomic mass is 79.9. The third kappa shape index (κ3) is 6.77. The van der Waals surface area contributed by atoms with E-state index in [1.54, 1.807) is 4.90 Å². The quantitative estimate of drug-likeness (QED) is 0.485. The van der Waals surface area contributed by atoms with Gasteiger partial charge in [-0.05, 0) is 31.0 Å². The van der Waals surface area contributed by atoms with Crippen LogP contribution in [0.5, 0.6) is 5.75 Å². The van der Waals surface area contributed by atoms with Crippen LogP contribution in [0.3, 0.4) is 0 Å². The molecule has 0 aliphatic carbocycles. The maximum atomic E-state index is 12.6. The number of likely N-dealkylation sites (tertiary alicyclic amines) is 1. The lowest BCUT2D eigenvalue weighted by molar-refractivity contribution is -0.274. The van der Waals surface area contributed by atoms with E-state index < -0.39 is 12.5 Å². The van der Waals surface area contributed by atoms with Crippen LogP contribution in [-0.4, -0.2) is 47.1 Å². The van der Waals surface area contributed by atoms with Crippen molar-refractivity contribution < 1.29 is 27.4 Å². The number of nitrogens with one attached hydrogen (secondary N) is 2. The van der Waals surface area contributed by atoms with Crippen molar-refractivity contribution in [3.05, 3.63) is 34.4 Å². The largest absolute Gasteiger partial charge is 0.573 e. The van der Waals surface area contributed by atoms with Crippen molar-refractivity contribution in [1.29, 1.82) is 0 Å². The maximum Gasteiger partial charge on any atom is 0.573 e. The first-order chi connectivity index (χ1) is 14.7. The Kier molecular flexibility index (Phi) is 7.25. The molecule has 2 aromatic rings. The molecule has 0 unspecified atom stereocenters. The molecule has 3 rings (SSSR count). The number of rotatable bonds is 7. The number of carbonyl (C=O) groups is 1. The number of amides is 1. The molecular weight excluding hydrogens is 485 g/mol. The van der Waals surface area contributed by atoms with Gasteiger partial charge in [0.25, 0.3) is 0 Å². The zero-order valence-corrected chi connectivity index (χ0v) is 17.8. The topological polar surface area (TPSA) is 115 Å². The Balaban J connectivity index is 1.61. The molecule has 0 saturated carbocycles. The van der Waals surface area contributed by atoms with Gasteiger partial charge in [0.15, 0.2) is 12.5 Å². The highest BCUT2D eigenvalue weighted by molar-refractivity contribution is 9.10. The molecule has 0 bridgehead atoms. The maximum absolute atomic E-state index is 12.6. The van der Waals surface area contributed by atoms with Crippen LogP contribution in [0, 0.1) is 0 Å². The van der Waals surface area contributed by atoms with Crippen molar-refractivity contribution in [2.45, 2.75) is 25.7 Å². The first-order valence-electron chi connectivity index (χ1n) is 9.27. The summed E-state index contributed by atoms with van der Waals surface area (Å²) in [7, 11) is 0. The third-order valence-electron chi connectivity index (χ3n) is 4.30.